The summed E-state index contributed by atoms with van der Waals surface area (Å²) in [7, 11) is 0. The molecule has 2 saturated heterocycles. The molecule has 5 nitrogen and oxygen atoms in total. The number of rotatable bonds is 5. The number of benzene rings is 1. The molecule has 0 unspecified atom stereocenters. The Bertz CT molecular complexity index is 830. The average Bonchev–Trinajstić information content (AvgIpc) is 3.23. The van der Waals surface area contributed by atoms with E-state index in [1.807, 2.05) is 4.90 Å². The van der Waals surface area contributed by atoms with Crippen molar-refractivity contribution in [2.45, 2.75) is 39.2 Å². The lowest BCUT2D eigenvalue weighted by atomic mass is 10.1. The van der Waals surface area contributed by atoms with Crippen molar-refractivity contribution in [1.29, 1.82) is 0 Å². The molecule has 2 fully saturated rings. The molecule has 1 atom stereocenters. The minimum atomic E-state index is 0.137. The predicted octanol–water partition coefficient (Wildman–Crippen LogP) is 3.44. The number of pyridine rings is 1. The Labute approximate surface area is 174 Å². The SMILES string of the molecule is CC(=O)N1CCC[C@@H]1c1cc(N2CCN(CCc3ccccc3)CC2)cc(C)n1. The van der Waals surface area contributed by atoms with Gasteiger partial charge in [-0.15, -0.1) is 0 Å². The highest BCUT2D eigenvalue weighted by molar-refractivity contribution is 5.74. The third-order valence-electron chi connectivity index (χ3n) is 6.25. The Kier molecular flexibility index (Phi) is 6.14. The molecule has 1 aromatic carbocycles. The number of aryl methyl sites for hydroxylation is 1. The monoisotopic (exact) mass is 392 g/mol. The van der Waals surface area contributed by atoms with Crippen LogP contribution in [0, 0.1) is 6.92 Å². The van der Waals surface area contributed by atoms with Crippen molar-refractivity contribution in [3.05, 3.63) is 59.4 Å². The quantitative estimate of drug-likeness (QED) is 0.782. The lowest BCUT2D eigenvalue weighted by molar-refractivity contribution is -0.129. The average molecular weight is 393 g/mol. The summed E-state index contributed by atoms with van der Waals surface area (Å²) >= 11 is 0. The van der Waals surface area contributed by atoms with Crippen molar-refractivity contribution in [1.82, 2.24) is 14.8 Å². The molecule has 1 amide bonds. The minimum Gasteiger partial charge on any atom is -0.369 e. The minimum absolute atomic E-state index is 0.137. The topological polar surface area (TPSA) is 39.7 Å². The molecule has 154 valence electrons. The van der Waals surface area contributed by atoms with Gasteiger partial charge in [0, 0.05) is 57.6 Å². The first-order valence-corrected chi connectivity index (χ1v) is 10.9. The normalized spacial score (nSPS) is 20.3. The van der Waals surface area contributed by atoms with Crippen LogP contribution in [0.5, 0.6) is 0 Å². The van der Waals surface area contributed by atoms with Gasteiger partial charge in [-0.25, -0.2) is 0 Å². The van der Waals surface area contributed by atoms with Crippen molar-refractivity contribution in [3.63, 3.8) is 0 Å². The molecule has 29 heavy (non-hydrogen) atoms. The molecular formula is C24H32N4O. The fourth-order valence-electron chi connectivity index (χ4n) is 4.64. The van der Waals surface area contributed by atoms with E-state index in [0.29, 0.717) is 0 Å². The number of carbonyl (C=O) groups is 1. The van der Waals surface area contributed by atoms with Gasteiger partial charge in [-0.3, -0.25) is 14.7 Å². The molecule has 5 heteroatoms. The van der Waals surface area contributed by atoms with Gasteiger partial charge in [-0.1, -0.05) is 30.3 Å². The van der Waals surface area contributed by atoms with E-state index in [0.717, 1.165) is 69.9 Å². The van der Waals surface area contributed by atoms with Crippen molar-refractivity contribution in [2.75, 3.05) is 44.2 Å². The maximum atomic E-state index is 12.0. The van der Waals surface area contributed by atoms with E-state index in [2.05, 4.69) is 59.2 Å². The zero-order chi connectivity index (χ0) is 20.2. The van der Waals surface area contributed by atoms with Gasteiger partial charge in [0.15, 0.2) is 0 Å². The van der Waals surface area contributed by atoms with Crippen molar-refractivity contribution >= 4 is 11.6 Å². The molecule has 0 spiro atoms. The van der Waals surface area contributed by atoms with Crippen LogP contribution in [-0.2, 0) is 11.2 Å². The van der Waals surface area contributed by atoms with Crippen LogP contribution in [0.1, 0.15) is 42.8 Å². The van der Waals surface area contributed by atoms with Crippen molar-refractivity contribution in [3.8, 4) is 0 Å². The van der Waals surface area contributed by atoms with E-state index in [1.165, 1.54) is 11.3 Å². The Morgan fingerprint density at radius 1 is 1.07 bits per heavy atom. The summed E-state index contributed by atoms with van der Waals surface area (Å²) in [6.07, 6.45) is 3.19. The number of likely N-dealkylation sites (tertiary alicyclic amines) is 1. The molecule has 0 saturated carbocycles. The molecule has 0 N–H and O–H groups in total. The third-order valence-corrected chi connectivity index (χ3v) is 6.25. The highest BCUT2D eigenvalue weighted by Crippen LogP contribution is 2.33. The Balaban J connectivity index is 1.38. The number of aromatic nitrogens is 1. The summed E-state index contributed by atoms with van der Waals surface area (Å²) in [6, 6.07) is 15.3. The first-order chi connectivity index (χ1) is 14.1. The van der Waals surface area contributed by atoms with Crippen LogP contribution >= 0.6 is 0 Å². The zero-order valence-electron chi connectivity index (χ0n) is 17.7. The summed E-state index contributed by atoms with van der Waals surface area (Å²) in [5.41, 5.74) is 4.76. The fraction of sp³-hybridized carbons (Fsp3) is 0.500. The van der Waals surface area contributed by atoms with Gasteiger partial charge >= 0.3 is 0 Å². The number of nitrogens with zero attached hydrogens (tertiary/aromatic N) is 4. The Hall–Kier alpha value is -2.40. The standard InChI is InChI=1S/C24H32N4O/c1-19-17-22(18-23(25-19)24-9-6-11-28(24)20(2)29)27-15-13-26(14-16-27)12-10-21-7-4-3-5-8-21/h3-5,7-8,17-18,24H,6,9-16H2,1-2H3/t24-/m1/s1. The predicted molar refractivity (Wildman–Crippen MR) is 117 cm³/mol. The molecule has 2 aromatic rings. The van der Waals surface area contributed by atoms with Gasteiger partial charge in [0.1, 0.15) is 0 Å². The largest absolute Gasteiger partial charge is 0.369 e. The third kappa shape index (κ3) is 4.78. The smallest absolute Gasteiger partial charge is 0.220 e. The molecule has 0 bridgehead atoms. The second-order valence-corrected chi connectivity index (χ2v) is 8.33. The van der Waals surface area contributed by atoms with E-state index in [-0.39, 0.29) is 11.9 Å². The summed E-state index contributed by atoms with van der Waals surface area (Å²) < 4.78 is 0. The van der Waals surface area contributed by atoms with Gasteiger partial charge in [-0.05, 0) is 43.9 Å². The molecule has 1 aromatic heterocycles. The van der Waals surface area contributed by atoms with Gasteiger partial charge < -0.3 is 9.80 Å². The van der Waals surface area contributed by atoms with Gasteiger partial charge in [-0.2, -0.15) is 0 Å². The molecule has 4 rings (SSSR count). The van der Waals surface area contributed by atoms with E-state index >= 15 is 0 Å². The summed E-state index contributed by atoms with van der Waals surface area (Å²) in [6.45, 7) is 9.97. The van der Waals surface area contributed by atoms with Crippen molar-refractivity contribution in [2.24, 2.45) is 0 Å². The maximum Gasteiger partial charge on any atom is 0.220 e. The highest BCUT2D eigenvalue weighted by atomic mass is 16.2. The van der Waals surface area contributed by atoms with Crippen molar-refractivity contribution < 1.29 is 4.79 Å². The highest BCUT2D eigenvalue weighted by Gasteiger charge is 2.29. The number of amides is 1. The first-order valence-electron chi connectivity index (χ1n) is 10.9. The second kappa shape index (κ2) is 8.95. The van der Waals surface area contributed by atoms with Crippen LogP contribution in [0.15, 0.2) is 42.5 Å². The lowest BCUT2D eigenvalue weighted by Crippen LogP contribution is -2.47. The van der Waals surface area contributed by atoms with E-state index in [1.54, 1.807) is 6.92 Å². The number of anilines is 1. The second-order valence-electron chi connectivity index (χ2n) is 8.33. The molecule has 3 heterocycles. The molecule has 0 aliphatic carbocycles. The summed E-state index contributed by atoms with van der Waals surface area (Å²) in [4.78, 5) is 23.8. The lowest BCUT2D eigenvalue weighted by Gasteiger charge is -2.36. The molecule has 2 aliphatic heterocycles. The maximum absolute atomic E-state index is 12.0. The van der Waals surface area contributed by atoms with Crippen LogP contribution in [0.4, 0.5) is 5.69 Å². The number of hydrogen-bond donors (Lipinski definition) is 0. The van der Waals surface area contributed by atoms with E-state index < -0.39 is 0 Å². The van der Waals surface area contributed by atoms with Crippen LogP contribution in [0.3, 0.4) is 0 Å². The van der Waals surface area contributed by atoms with Crippen LogP contribution in [0.2, 0.25) is 0 Å². The Morgan fingerprint density at radius 2 is 1.83 bits per heavy atom. The van der Waals surface area contributed by atoms with E-state index in [9.17, 15) is 4.79 Å². The van der Waals surface area contributed by atoms with Gasteiger partial charge in [0.25, 0.3) is 0 Å². The van der Waals surface area contributed by atoms with Gasteiger partial charge in [0.05, 0.1) is 11.7 Å². The Morgan fingerprint density at radius 3 is 2.55 bits per heavy atom. The zero-order valence-corrected chi connectivity index (χ0v) is 17.7. The fourth-order valence-corrected chi connectivity index (χ4v) is 4.64. The van der Waals surface area contributed by atoms with Crippen LogP contribution < -0.4 is 4.90 Å². The van der Waals surface area contributed by atoms with E-state index in [4.69, 9.17) is 4.98 Å². The first kappa shape index (κ1) is 19.9. The number of piperazine rings is 1. The van der Waals surface area contributed by atoms with Gasteiger partial charge in [0.2, 0.25) is 5.91 Å². The number of hydrogen-bond acceptors (Lipinski definition) is 4. The van der Waals surface area contributed by atoms with Crippen LogP contribution in [0.25, 0.3) is 0 Å². The van der Waals surface area contributed by atoms with Crippen LogP contribution in [-0.4, -0.2) is 60.0 Å². The molecule has 2 aliphatic rings. The molecular weight excluding hydrogens is 360 g/mol. The molecule has 0 radical (unpaired) electrons. The summed E-state index contributed by atoms with van der Waals surface area (Å²) in [5.74, 6) is 0.157. The summed E-state index contributed by atoms with van der Waals surface area (Å²) in [5, 5.41) is 0. The number of carbonyl (C=O) groups excluding carboxylic acids is 1.